The standard InChI is InChI=1S/C20H24N2O5/c1-11(2)26-19(24)16-12(3)17(21-13(16)4)20(25)27-14(5)18(23)22-15-9-7-6-8-10-15/h6-11,14,21H,1-5H3,(H,22,23)/t14-/m1/s1. The van der Waals surface area contributed by atoms with Crippen LogP contribution in [-0.4, -0.2) is 35.0 Å². The third kappa shape index (κ3) is 4.97. The molecule has 2 aromatic rings. The van der Waals surface area contributed by atoms with E-state index in [-0.39, 0.29) is 11.8 Å². The van der Waals surface area contributed by atoms with Gasteiger partial charge in [-0.2, -0.15) is 0 Å². The highest BCUT2D eigenvalue weighted by Crippen LogP contribution is 2.21. The molecule has 0 bridgehead atoms. The minimum atomic E-state index is -1.01. The summed E-state index contributed by atoms with van der Waals surface area (Å²) in [6, 6.07) is 8.87. The molecule has 0 unspecified atom stereocenters. The van der Waals surface area contributed by atoms with Gasteiger partial charge in [-0.05, 0) is 52.3 Å². The molecule has 0 aliphatic rings. The number of hydrogen-bond donors (Lipinski definition) is 2. The van der Waals surface area contributed by atoms with Crippen LogP contribution in [0.1, 0.15) is 52.9 Å². The summed E-state index contributed by atoms with van der Waals surface area (Å²) in [5, 5.41) is 2.67. The van der Waals surface area contributed by atoms with Gasteiger partial charge in [0.2, 0.25) is 0 Å². The van der Waals surface area contributed by atoms with Gasteiger partial charge in [0.05, 0.1) is 11.7 Å². The lowest BCUT2D eigenvalue weighted by Crippen LogP contribution is -2.30. The number of amides is 1. The van der Waals surface area contributed by atoms with Crippen LogP contribution in [0, 0.1) is 13.8 Å². The molecular formula is C20H24N2O5. The van der Waals surface area contributed by atoms with Crippen LogP contribution in [0.3, 0.4) is 0 Å². The van der Waals surface area contributed by atoms with E-state index in [1.54, 1.807) is 52.0 Å². The maximum absolute atomic E-state index is 12.5. The van der Waals surface area contributed by atoms with Gasteiger partial charge < -0.3 is 19.8 Å². The number of aromatic nitrogens is 1. The van der Waals surface area contributed by atoms with Crippen LogP contribution in [0.2, 0.25) is 0 Å². The lowest BCUT2D eigenvalue weighted by molar-refractivity contribution is -0.123. The van der Waals surface area contributed by atoms with E-state index in [2.05, 4.69) is 10.3 Å². The van der Waals surface area contributed by atoms with Gasteiger partial charge in [0.1, 0.15) is 5.69 Å². The Morgan fingerprint density at radius 3 is 2.19 bits per heavy atom. The number of esters is 2. The molecule has 2 N–H and O–H groups in total. The maximum Gasteiger partial charge on any atom is 0.355 e. The molecule has 0 saturated heterocycles. The first-order chi connectivity index (χ1) is 12.7. The summed E-state index contributed by atoms with van der Waals surface area (Å²) in [5.41, 5.74) is 1.97. The largest absolute Gasteiger partial charge is 0.459 e. The van der Waals surface area contributed by atoms with Crippen molar-refractivity contribution in [2.24, 2.45) is 0 Å². The summed E-state index contributed by atoms with van der Waals surface area (Å²) in [5.74, 6) is -1.67. The molecule has 0 saturated carbocycles. The Morgan fingerprint density at radius 1 is 0.963 bits per heavy atom. The van der Waals surface area contributed by atoms with Gasteiger partial charge in [-0.1, -0.05) is 18.2 Å². The number of aromatic amines is 1. The second-order valence-electron chi connectivity index (χ2n) is 6.48. The van der Waals surface area contributed by atoms with Crippen LogP contribution in [0.15, 0.2) is 30.3 Å². The van der Waals surface area contributed by atoms with E-state index >= 15 is 0 Å². The third-order valence-corrected chi connectivity index (χ3v) is 3.88. The lowest BCUT2D eigenvalue weighted by Gasteiger charge is -2.13. The fraction of sp³-hybridized carbons (Fsp3) is 0.350. The quantitative estimate of drug-likeness (QED) is 0.758. The van der Waals surface area contributed by atoms with E-state index in [0.29, 0.717) is 22.5 Å². The van der Waals surface area contributed by atoms with E-state index in [9.17, 15) is 14.4 Å². The molecule has 1 aromatic heterocycles. The van der Waals surface area contributed by atoms with E-state index in [4.69, 9.17) is 9.47 Å². The van der Waals surface area contributed by atoms with E-state index in [1.165, 1.54) is 6.92 Å². The van der Waals surface area contributed by atoms with Gasteiger partial charge in [0.25, 0.3) is 5.91 Å². The number of carbonyl (C=O) groups is 3. The summed E-state index contributed by atoms with van der Waals surface area (Å²) < 4.78 is 10.4. The van der Waals surface area contributed by atoms with Crippen LogP contribution < -0.4 is 5.32 Å². The first-order valence-electron chi connectivity index (χ1n) is 8.67. The van der Waals surface area contributed by atoms with Gasteiger partial charge in [0, 0.05) is 11.4 Å². The fourth-order valence-electron chi connectivity index (χ4n) is 2.57. The number of nitrogens with one attached hydrogen (secondary N) is 2. The summed E-state index contributed by atoms with van der Waals surface area (Å²) in [7, 11) is 0. The topological polar surface area (TPSA) is 97.5 Å². The molecule has 7 heteroatoms. The zero-order chi connectivity index (χ0) is 20.1. The number of benzene rings is 1. The van der Waals surface area contributed by atoms with Crippen molar-refractivity contribution in [2.75, 3.05) is 5.32 Å². The Hall–Kier alpha value is -3.09. The minimum absolute atomic E-state index is 0.127. The van der Waals surface area contributed by atoms with Crippen LogP contribution >= 0.6 is 0 Å². The van der Waals surface area contributed by atoms with Crippen molar-refractivity contribution in [3.63, 3.8) is 0 Å². The molecule has 0 spiro atoms. The normalized spacial score (nSPS) is 11.8. The van der Waals surface area contributed by atoms with Crippen molar-refractivity contribution in [1.82, 2.24) is 4.98 Å². The molecule has 0 aliphatic carbocycles. The van der Waals surface area contributed by atoms with Crippen molar-refractivity contribution >= 4 is 23.5 Å². The zero-order valence-corrected chi connectivity index (χ0v) is 16.1. The summed E-state index contributed by atoms with van der Waals surface area (Å²) in [4.78, 5) is 39.7. The number of para-hydroxylation sites is 1. The van der Waals surface area contributed by atoms with Gasteiger partial charge in [-0.15, -0.1) is 0 Å². The van der Waals surface area contributed by atoms with Crippen LogP contribution in [0.4, 0.5) is 5.69 Å². The van der Waals surface area contributed by atoms with Gasteiger partial charge >= 0.3 is 11.9 Å². The Bertz CT molecular complexity index is 840. The van der Waals surface area contributed by atoms with E-state index in [1.807, 2.05) is 6.07 Å². The number of ether oxygens (including phenoxy) is 2. The van der Waals surface area contributed by atoms with Crippen LogP contribution in [0.5, 0.6) is 0 Å². The van der Waals surface area contributed by atoms with Gasteiger partial charge in [-0.25, -0.2) is 9.59 Å². The first-order valence-corrected chi connectivity index (χ1v) is 8.67. The highest BCUT2D eigenvalue weighted by atomic mass is 16.6. The van der Waals surface area contributed by atoms with Gasteiger partial charge in [0.15, 0.2) is 6.10 Å². The monoisotopic (exact) mass is 372 g/mol. The number of H-pyrrole nitrogens is 1. The van der Waals surface area contributed by atoms with Gasteiger partial charge in [-0.3, -0.25) is 4.79 Å². The molecule has 1 amide bonds. The second kappa shape index (κ2) is 8.53. The fourth-order valence-corrected chi connectivity index (χ4v) is 2.57. The molecule has 0 aliphatic heterocycles. The molecule has 7 nitrogen and oxygen atoms in total. The molecule has 0 fully saturated rings. The van der Waals surface area contributed by atoms with Crippen molar-refractivity contribution in [2.45, 2.75) is 46.8 Å². The molecule has 0 radical (unpaired) electrons. The highest BCUT2D eigenvalue weighted by molar-refractivity contribution is 6.00. The molecular weight excluding hydrogens is 348 g/mol. The van der Waals surface area contributed by atoms with Crippen LogP contribution in [-0.2, 0) is 14.3 Å². The average Bonchev–Trinajstić information content (AvgIpc) is 2.89. The molecule has 1 aromatic carbocycles. The number of hydrogen-bond acceptors (Lipinski definition) is 5. The smallest absolute Gasteiger partial charge is 0.355 e. The Labute approximate surface area is 158 Å². The van der Waals surface area contributed by atoms with E-state index in [0.717, 1.165) is 0 Å². The SMILES string of the molecule is Cc1[nH]c(C(=O)O[C@H](C)C(=O)Nc2ccccc2)c(C)c1C(=O)OC(C)C. The predicted molar refractivity (Wildman–Crippen MR) is 101 cm³/mol. The van der Waals surface area contributed by atoms with Crippen molar-refractivity contribution in [3.05, 3.63) is 52.8 Å². The van der Waals surface area contributed by atoms with E-state index < -0.39 is 23.9 Å². The Balaban J connectivity index is 2.09. The molecule has 1 atom stereocenters. The lowest BCUT2D eigenvalue weighted by atomic mass is 10.1. The molecule has 1 heterocycles. The number of anilines is 1. The number of rotatable bonds is 6. The summed E-state index contributed by atoms with van der Waals surface area (Å²) >= 11 is 0. The predicted octanol–water partition coefficient (Wildman–Crippen LogP) is 3.38. The highest BCUT2D eigenvalue weighted by Gasteiger charge is 2.26. The molecule has 144 valence electrons. The second-order valence-corrected chi connectivity index (χ2v) is 6.48. The van der Waals surface area contributed by atoms with Crippen LogP contribution in [0.25, 0.3) is 0 Å². The Morgan fingerprint density at radius 2 is 1.59 bits per heavy atom. The summed E-state index contributed by atoms with van der Waals surface area (Å²) in [6.07, 6.45) is -1.28. The number of aryl methyl sites for hydroxylation is 1. The molecule has 2 rings (SSSR count). The minimum Gasteiger partial charge on any atom is -0.459 e. The first kappa shape index (κ1) is 20.2. The molecule has 27 heavy (non-hydrogen) atoms. The third-order valence-electron chi connectivity index (χ3n) is 3.88. The average molecular weight is 372 g/mol. The van der Waals surface area contributed by atoms with Crippen molar-refractivity contribution < 1.29 is 23.9 Å². The number of carbonyl (C=O) groups excluding carboxylic acids is 3. The van der Waals surface area contributed by atoms with Crippen molar-refractivity contribution in [1.29, 1.82) is 0 Å². The zero-order valence-electron chi connectivity index (χ0n) is 16.1. The maximum atomic E-state index is 12.5. The Kier molecular flexibility index (Phi) is 6.39. The van der Waals surface area contributed by atoms with Crippen molar-refractivity contribution in [3.8, 4) is 0 Å². The summed E-state index contributed by atoms with van der Waals surface area (Å²) in [6.45, 7) is 8.28.